The minimum absolute atomic E-state index is 0.157. The molecule has 0 radical (unpaired) electrons. The van der Waals surface area contributed by atoms with Gasteiger partial charge < -0.3 is 11.1 Å². The van der Waals surface area contributed by atoms with Crippen LogP contribution in [0.2, 0.25) is 0 Å². The molecule has 0 unspecified atom stereocenters. The number of aromatic nitrogens is 7. The quantitative estimate of drug-likeness (QED) is 0.298. The fourth-order valence-corrected chi connectivity index (χ4v) is 5.68. The first-order valence-corrected chi connectivity index (χ1v) is 13.4. The predicted octanol–water partition coefficient (Wildman–Crippen LogP) is 3.94. The molecule has 40 heavy (non-hydrogen) atoms. The highest BCUT2D eigenvalue weighted by atomic mass is 32.1. The summed E-state index contributed by atoms with van der Waals surface area (Å²) < 4.78 is 3.68. The van der Waals surface area contributed by atoms with E-state index in [1.54, 1.807) is 22.5 Å². The number of nitrogens with two attached hydrogens (primary N) is 1. The maximum absolute atomic E-state index is 12.8. The fourth-order valence-electron chi connectivity index (χ4n) is 5.08. The van der Waals surface area contributed by atoms with E-state index in [0.29, 0.717) is 40.5 Å². The molecular formula is C28H21N9O2S. The standard InChI is InChI=1S/C28H21N9O2S/c29-25-19(3-1-10-30-25)26-33-21-8-9-23(36-12-2-11-31-36)35-27(21)37(26)17-5-6-18-16(13-17)4-7-20(18)34-28(39)22-15-40-24(14-38)32-22/h1-3,5-6,8-15,20H,4,7H2,(H2,29,30)(H,34,39)/t20-/m0/s1. The topological polar surface area (TPSA) is 146 Å². The number of aldehydes is 1. The largest absolute Gasteiger partial charge is 0.383 e. The van der Waals surface area contributed by atoms with Crippen LogP contribution in [0, 0.1) is 0 Å². The number of rotatable bonds is 6. The van der Waals surface area contributed by atoms with Gasteiger partial charge in [-0.1, -0.05) is 6.07 Å². The maximum atomic E-state index is 12.8. The first-order chi connectivity index (χ1) is 19.6. The predicted molar refractivity (Wildman–Crippen MR) is 150 cm³/mol. The van der Waals surface area contributed by atoms with Crippen molar-refractivity contribution in [3.05, 3.63) is 94.3 Å². The second kappa shape index (κ2) is 9.50. The highest BCUT2D eigenvalue weighted by Crippen LogP contribution is 2.36. The summed E-state index contributed by atoms with van der Waals surface area (Å²) in [7, 11) is 0. The van der Waals surface area contributed by atoms with Crippen molar-refractivity contribution in [2.45, 2.75) is 18.9 Å². The molecule has 0 spiro atoms. The summed E-state index contributed by atoms with van der Waals surface area (Å²) in [6, 6.07) is 15.3. The summed E-state index contributed by atoms with van der Waals surface area (Å²) in [5, 5.41) is 9.26. The van der Waals surface area contributed by atoms with Crippen molar-refractivity contribution >= 4 is 40.5 Å². The first kappa shape index (κ1) is 23.9. The molecule has 1 aliphatic carbocycles. The molecule has 0 fully saturated rings. The highest BCUT2D eigenvalue weighted by Gasteiger charge is 2.27. The molecule has 0 bridgehead atoms. The molecule has 1 aromatic carbocycles. The molecule has 5 heterocycles. The monoisotopic (exact) mass is 547 g/mol. The van der Waals surface area contributed by atoms with Crippen molar-refractivity contribution in [1.82, 2.24) is 39.6 Å². The minimum atomic E-state index is -0.295. The van der Waals surface area contributed by atoms with Gasteiger partial charge in [0.1, 0.15) is 17.0 Å². The Morgan fingerprint density at radius 3 is 2.83 bits per heavy atom. The number of carbonyl (C=O) groups is 2. The average molecular weight is 548 g/mol. The number of hydrogen-bond acceptors (Lipinski definition) is 9. The zero-order valence-electron chi connectivity index (χ0n) is 20.9. The SMILES string of the molecule is Nc1ncccc1-c1nc2ccc(-n3cccn3)nc2n1-c1ccc2c(c1)CC[C@@H]2NC(=O)c1csc(C=O)n1. The van der Waals surface area contributed by atoms with Gasteiger partial charge in [0, 0.05) is 29.7 Å². The van der Waals surface area contributed by atoms with Gasteiger partial charge in [-0.3, -0.25) is 14.2 Å². The zero-order chi connectivity index (χ0) is 27.2. The number of hydrogen-bond donors (Lipinski definition) is 2. The molecule has 12 heteroatoms. The minimum Gasteiger partial charge on any atom is -0.383 e. The summed E-state index contributed by atoms with van der Waals surface area (Å²) >= 11 is 1.15. The lowest BCUT2D eigenvalue weighted by atomic mass is 10.1. The fraction of sp³-hybridized carbons (Fsp3) is 0.107. The van der Waals surface area contributed by atoms with Crippen LogP contribution in [0.5, 0.6) is 0 Å². The van der Waals surface area contributed by atoms with Crippen molar-refractivity contribution in [2.75, 3.05) is 5.73 Å². The van der Waals surface area contributed by atoms with Gasteiger partial charge in [-0.05, 0) is 66.4 Å². The normalized spacial score (nSPS) is 14.3. The van der Waals surface area contributed by atoms with Gasteiger partial charge in [0.15, 0.2) is 28.6 Å². The smallest absolute Gasteiger partial charge is 0.271 e. The Morgan fingerprint density at radius 1 is 1.10 bits per heavy atom. The summed E-state index contributed by atoms with van der Waals surface area (Å²) in [6.45, 7) is 0. The van der Waals surface area contributed by atoms with Crippen LogP contribution in [-0.4, -0.2) is 46.5 Å². The summed E-state index contributed by atoms with van der Waals surface area (Å²) in [6.07, 6.45) is 7.38. The van der Waals surface area contributed by atoms with E-state index < -0.39 is 0 Å². The highest BCUT2D eigenvalue weighted by molar-refractivity contribution is 7.11. The first-order valence-electron chi connectivity index (χ1n) is 12.5. The molecule has 0 saturated carbocycles. The third-order valence-corrected chi connectivity index (χ3v) is 7.70. The van der Waals surface area contributed by atoms with Gasteiger partial charge >= 0.3 is 0 Å². The van der Waals surface area contributed by atoms with Gasteiger partial charge in [0.2, 0.25) is 0 Å². The Bertz CT molecular complexity index is 1910. The molecule has 1 atom stereocenters. The number of thiazole rings is 1. The van der Waals surface area contributed by atoms with Crippen molar-refractivity contribution in [2.24, 2.45) is 0 Å². The van der Waals surface area contributed by atoms with Gasteiger partial charge in [0.25, 0.3) is 5.91 Å². The second-order valence-electron chi connectivity index (χ2n) is 9.31. The lowest BCUT2D eigenvalue weighted by Crippen LogP contribution is -2.27. The molecule has 1 aliphatic rings. The number of pyridine rings is 2. The number of amides is 1. The van der Waals surface area contributed by atoms with Crippen LogP contribution >= 0.6 is 11.3 Å². The number of nitrogens with zero attached hydrogens (tertiary/aromatic N) is 7. The summed E-state index contributed by atoms with van der Waals surface area (Å²) in [5.41, 5.74) is 11.6. The van der Waals surface area contributed by atoms with Crippen LogP contribution in [0.4, 0.5) is 5.82 Å². The van der Waals surface area contributed by atoms with Crippen LogP contribution < -0.4 is 11.1 Å². The maximum Gasteiger partial charge on any atom is 0.271 e. The summed E-state index contributed by atoms with van der Waals surface area (Å²) in [5.74, 6) is 1.36. The van der Waals surface area contributed by atoms with Crippen molar-refractivity contribution in [1.29, 1.82) is 0 Å². The molecule has 196 valence electrons. The second-order valence-corrected chi connectivity index (χ2v) is 10.2. The molecule has 6 aromatic rings. The Labute approximate surface area is 231 Å². The number of carbonyl (C=O) groups excluding carboxylic acids is 2. The van der Waals surface area contributed by atoms with Gasteiger partial charge in [-0.15, -0.1) is 11.3 Å². The molecule has 7 rings (SSSR count). The van der Waals surface area contributed by atoms with Crippen LogP contribution in [0.15, 0.2) is 72.5 Å². The van der Waals surface area contributed by atoms with Gasteiger partial charge in [0.05, 0.1) is 11.6 Å². The van der Waals surface area contributed by atoms with E-state index in [2.05, 4.69) is 26.4 Å². The number of fused-ring (bicyclic) bond motifs is 2. The van der Waals surface area contributed by atoms with Crippen LogP contribution in [0.25, 0.3) is 34.1 Å². The van der Waals surface area contributed by atoms with E-state index in [1.165, 1.54) is 0 Å². The van der Waals surface area contributed by atoms with Crippen LogP contribution in [0.3, 0.4) is 0 Å². The molecule has 0 saturated heterocycles. The van der Waals surface area contributed by atoms with Crippen molar-refractivity contribution < 1.29 is 9.59 Å². The number of nitrogens with one attached hydrogen (secondary N) is 1. The molecule has 3 N–H and O–H groups in total. The van der Waals surface area contributed by atoms with E-state index in [-0.39, 0.29) is 22.7 Å². The van der Waals surface area contributed by atoms with E-state index in [4.69, 9.17) is 15.7 Å². The Kier molecular flexibility index (Phi) is 5.67. The van der Waals surface area contributed by atoms with Crippen molar-refractivity contribution in [3.63, 3.8) is 0 Å². The van der Waals surface area contributed by atoms with E-state index >= 15 is 0 Å². The third-order valence-electron chi connectivity index (χ3n) is 6.93. The number of anilines is 1. The van der Waals surface area contributed by atoms with E-state index in [0.717, 1.165) is 41.0 Å². The van der Waals surface area contributed by atoms with Gasteiger partial charge in [-0.2, -0.15) is 5.10 Å². The van der Waals surface area contributed by atoms with Crippen LogP contribution in [0.1, 0.15) is 43.9 Å². The zero-order valence-corrected chi connectivity index (χ0v) is 21.7. The third kappa shape index (κ3) is 4.01. The number of nitrogen functional groups attached to an aromatic ring is 1. The number of aryl methyl sites for hydroxylation is 1. The molecule has 0 aliphatic heterocycles. The van der Waals surface area contributed by atoms with E-state index in [9.17, 15) is 9.59 Å². The lowest BCUT2D eigenvalue weighted by Gasteiger charge is -2.15. The van der Waals surface area contributed by atoms with E-state index in [1.807, 2.05) is 53.2 Å². The Hall–Kier alpha value is -5.23. The Balaban J connectivity index is 1.31. The molecule has 11 nitrogen and oxygen atoms in total. The van der Waals surface area contributed by atoms with Crippen molar-refractivity contribution in [3.8, 4) is 22.9 Å². The lowest BCUT2D eigenvalue weighted by molar-refractivity contribution is 0.0932. The molecular weight excluding hydrogens is 526 g/mol. The molecule has 5 aromatic heterocycles. The molecule has 1 amide bonds. The average Bonchev–Trinajstić information content (AvgIpc) is 3.79. The van der Waals surface area contributed by atoms with Gasteiger partial charge in [-0.25, -0.2) is 24.6 Å². The number of benzene rings is 1. The number of imidazole rings is 1. The summed E-state index contributed by atoms with van der Waals surface area (Å²) in [4.78, 5) is 41.9. The Morgan fingerprint density at radius 2 is 2.02 bits per heavy atom. The van der Waals surface area contributed by atoms with Crippen LogP contribution in [-0.2, 0) is 6.42 Å².